The minimum atomic E-state index is -0.769. The molecule has 1 fully saturated rings. The number of carboxylic acids is 1. The van der Waals surface area contributed by atoms with Gasteiger partial charge in [-0.05, 0) is 18.4 Å². The molecule has 0 aromatic rings. The van der Waals surface area contributed by atoms with Gasteiger partial charge in [-0.15, -0.1) is 0 Å². The molecule has 2 atom stereocenters. The zero-order valence-electron chi connectivity index (χ0n) is 7.66. The average Bonchev–Trinajstić information content (AvgIpc) is 2.87. The van der Waals surface area contributed by atoms with E-state index in [-0.39, 0.29) is 6.10 Å². The molecule has 0 radical (unpaired) electrons. The van der Waals surface area contributed by atoms with Gasteiger partial charge in [0.05, 0.1) is 12.7 Å². The quantitative estimate of drug-likeness (QED) is 0.581. The highest BCUT2D eigenvalue weighted by Gasteiger charge is 2.25. The number of thioether (sulfide) groups is 1. The lowest BCUT2D eigenvalue weighted by atomic mass is 10.2. The summed E-state index contributed by atoms with van der Waals surface area (Å²) in [6, 6.07) is -0.420. The molecule has 1 saturated heterocycles. The zero-order chi connectivity index (χ0) is 9.68. The molecule has 1 unspecified atom stereocenters. The van der Waals surface area contributed by atoms with E-state index in [9.17, 15) is 4.79 Å². The third-order valence-corrected chi connectivity index (χ3v) is 2.55. The summed E-state index contributed by atoms with van der Waals surface area (Å²) in [5.74, 6) is 0.102. The van der Waals surface area contributed by atoms with E-state index in [0.29, 0.717) is 13.0 Å². The molecule has 1 rings (SSSR count). The van der Waals surface area contributed by atoms with Crippen LogP contribution in [-0.2, 0) is 9.53 Å². The number of hydrogen-bond acceptors (Lipinski definition) is 4. The van der Waals surface area contributed by atoms with Gasteiger partial charge in [-0.1, -0.05) is 0 Å². The van der Waals surface area contributed by atoms with Crippen molar-refractivity contribution < 1.29 is 14.6 Å². The van der Waals surface area contributed by atoms with Crippen LogP contribution in [-0.4, -0.2) is 48.4 Å². The Hall–Kier alpha value is -0.260. The standard InChI is InChI=1S/C8H15NO3S/c1-13-3-2-7(8(10)11)9-4-6-5-12-6/h6-7,9H,2-5H2,1H3,(H,10,11)/t6?,7-/m0/s1. The van der Waals surface area contributed by atoms with Crippen molar-refractivity contribution in [3.8, 4) is 0 Å². The molecule has 76 valence electrons. The minimum Gasteiger partial charge on any atom is -0.480 e. The van der Waals surface area contributed by atoms with Crippen LogP contribution in [0.3, 0.4) is 0 Å². The van der Waals surface area contributed by atoms with E-state index in [1.807, 2.05) is 6.26 Å². The fourth-order valence-corrected chi connectivity index (χ4v) is 1.48. The van der Waals surface area contributed by atoms with Crippen LogP contribution in [0.15, 0.2) is 0 Å². The van der Waals surface area contributed by atoms with E-state index in [4.69, 9.17) is 9.84 Å². The molecule has 5 heteroatoms. The fraction of sp³-hybridized carbons (Fsp3) is 0.875. The number of carboxylic acid groups (broad SMARTS) is 1. The first-order chi connectivity index (χ1) is 6.24. The van der Waals surface area contributed by atoms with E-state index < -0.39 is 12.0 Å². The molecule has 0 aromatic heterocycles. The van der Waals surface area contributed by atoms with Gasteiger partial charge in [-0.25, -0.2) is 0 Å². The lowest BCUT2D eigenvalue weighted by Crippen LogP contribution is -2.39. The fourth-order valence-electron chi connectivity index (χ4n) is 1.01. The Balaban J connectivity index is 2.15. The summed E-state index contributed by atoms with van der Waals surface area (Å²) in [4.78, 5) is 10.7. The van der Waals surface area contributed by atoms with Crippen LogP contribution in [0, 0.1) is 0 Å². The topological polar surface area (TPSA) is 61.9 Å². The molecule has 1 aliphatic rings. The van der Waals surface area contributed by atoms with E-state index in [2.05, 4.69) is 5.32 Å². The second-order valence-electron chi connectivity index (χ2n) is 3.04. The molecular formula is C8H15NO3S. The van der Waals surface area contributed by atoms with E-state index >= 15 is 0 Å². The predicted molar refractivity (Wildman–Crippen MR) is 52.2 cm³/mol. The van der Waals surface area contributed by atoms with Gasteiger partial charge < -0.3 is 15.2 Å². The lowest BCUT2D eigenvalue weighted by molar-refractivity contribution is -0.139. The predicted octanol–water partition coefficient (Wildman–Crippen LogP) is 0.181. The zero-order valence-corrected chi connectivity index (χ0v) is 8.47. The first-order valence-electron chi connectivity index (χ1n) is 4.30. The summed E-state index contributed by atoms with van der Waals surface area (Å²) in [6.07, 6.45) is 2.89. The molecule has 0 spiro atoms. The third kappa shape index (κ3) is 4.50. The number of hydrogen-bond donors (Lipinski definition) is 2. The van der Waals surface area contributed by atoms with Gasteiger partial charge in [0.2, 0.25) is 0 Å². The van der Waals surface area contributed by atoms with Crippen LogP contribution in [0.1, 0.15) is 6.42 Å². The molecule has 0 amide bonds. The minimum absolute atomic E-state index is 0.246. The number of aliphatic carboxylic acids is 1. The van der Waals surface area contributed by atoms with Crippen molar-refractivity contribution in [2.45, 2.75) is 18.6 Å². The molecule has 0 aliphatic carbocycles. The highest BCUT2D eigenvalue weighted by atomic mass is 32.2. The number of rotatable bonds is 7. The summed E-state index contributed by atoms with van der Waals surface area (Å²) in [6.45, 7) is 1.42. The van der Waals surface area contributed by atoms with Crippen molar-refractivity contribution in [2.75, 3.05) is 25.2 Å². The second-order valence-corrected chi connectivity index (χ2v) is 4.02. The van der Waals surface area contributed by atoms with Gasteiger partial charge in [0.25, 0.3) is 0 Å². The number of epoxide rings is 1. The highest BCUT2D eigenvalue weighted by molar-refractivity contribution is 7.98. The molecular weight excluding hydrogens is 190 g/mol. The van der Waals surface area contributed by atoms with Crippen LogP contribution in [0.25, 0.3) is 0 Å². The lowest BCUT2D eigenvalue weighted by Gasteiger charge is -2.12. The number of ether oxygens (including phenoxy) is 1. The van der Waals surface area contributed by atoms with Gasteiger partial charge in [0.15, 0.2) is 0 Å². The SMILES string of the molecule is CSCC[C@H](NCC1CO1)C(=O)O. The maximum atomic E-state index is 10.7. The summed E-state index contributed by atoms with van der Waals surface area (Å²) in [7, 11) is 0. The maximum absolute atomic E-state index is 10.7. The summed E-state index contributed by atoms with van der Waals surface area (Å²) < 4.78 is 4.98. The van der Waals surface area contributed by atoms with Crippen molar-refractivity contribution in [2.24, 2.45) is 0 Å². The molecule has 4 nitrogen and oxygen atoms in total. The summed E-state index contributed by atoms with van der Waals surface area (Å²) >= 11 is 1.66. The molecule has 0 saturated carbocycles. The number of nitrogens with one attached hydrogen (secondary N) is 1. The average molecular weight is 205 g/mol. The Kier molecular flexibility index (Phi) is 4.55. The van der Waals surface area contributed by atoms with Gasteiger partial charge in [-0.3, -0.25) is 4.79 Å². The van der Waals surface area contributed by atoms with Crippen LogP contribution in [0.4, 0.5) is 0 Å². The Bertz CT molecular complexity index is 173. The van der Waals surface area contributed by atoms with Crippen LogP contribution in [0.2, 0.25) is 0 Å². The van der Waals surface area contributed by atoms with Crippen molar-refractivity contribution in [3.05, 3.63) is 0 Å². The van der Waals surface area contributed by atoms with Crippen molar-refractivity contribution in [1.82, 2.24) is 5.32 Å². The van der Waals surface area contributed by atoms with Crippen LogP contribution in [0.5, 0.6) is 0 Å². The molecule has 0 bridgehead atoms. The largest absolute Gasteiger partial charge is 0.480 e. The first kappa shape index (κ1) is 10.8. The Morgan fingerprint density at radius 1 is 1.85 bits per heavy atom. The van der Waals surface area contributed by atoms with E-state index in [1.165, 1.54) is 0 Å². The summed E-state index contributed by atoms with van der Waals surface area (Å²) in [5.41, 5.74) is 0. The van der Waals surface area contributed by atoms with Gasteiger partial charge in [-0.2, -0.15) is 11.8 Å². The number of carbonyl (C=O) groups is 1. The Labute approximate surface area is 82.0 Å². The molecule has 2 N–H and O–H groups in total. The van der Waals surface area contributed by atoms with E-state index in [0.717, 1.165) is 12.4 Å². The molecule has 1 aliphatic heterocycles. The molecule has 1 heterocycles. The Morgan fingerprint density at radius 3 is 3.00 bits per heavy atom. The molecule has 0 aromatic carbocycles. The van der Waals surface area contributed by atoms with Crippen molar-refractivity contribution >= 4 is 17.7 Å². The van der Waals surface area contributed by atoms with Crippen molar-refractivity contribution in [3.63, 3.8) is 0 Å². The monoisotopic (exact) mass is 205 g/mol. The molecule has 13 heavy (non-hydrogen) atoms. The second kappa shape index (κ2) is 5.47. The van der Waals surface area contributed by atoms with Gasteiger partial charge >= 0.3 is 5.97 Å². The van der Waals surface area contributed by atoms with E-state index in [1.54, 1.807) is 11.8 Å². The highest BCUT2D eigenvalue weighted by Crippen LogP contribution is 2.08. The van der Waals surface area contributed by atoms with Gasteiger partial charge in [0.1, 0.15) is 6.04 Å². The normalized spacial score (nSPS) is 22.7. The smallest absolute Gasteiger partial charge is 0.320 e. The first-order valence-corrected chi connectivity index (χ1v) is 5.70. The van der Waals surface area contributed by atoms with Crippen LogP contribution < -0.4 is 5.32 Å². The van der Waals surface area contributed by atoms with Crippen LogP contribution >= 0.6 is 11.8 Å². The summed E-state index contributed by atoms with van der Waals surface area (Å²) in [5, 5.41) is 11.8. The van der Waals surface area contributed by atoms with Gasteiger partial charge in [0, 0.05) is 6.54 Å². The third-order valence-electron chi connectivity index (χ3n) is 1.90. The Morgan fingerprint density at radius 2 is 2.54 bits per heavy atom. The van der Waals surface area contributed by atoms with Crippen molar-refractivity contribution in [1.29, 1.82) is 0 Å². The maximum Gasteiger partial charge on any atom is 0.320 e.